The van der Waals surface area contributed by atoms with Gasteiger partial charge in [0, 0.05) is 10.7 Å². The van der Waals surface area contributed by atoms with Gasteiger partial charge in [0.25, 0.3) is 0 Å². The summed E-state index contributed by atoms with van der Waals surface area (Å²) in [7, 11) is 0. The van der Waals surface area contributed by atoms with Crippen LogP contribution in [0.4, 0.5) is 0 Å². The molecule has 0 saturated heterocycles. The molecule has 0 aromatic heterocycles. The van der Waals surface area contributed by atoms with Crippen molar-refractivity contribution in [2.75, 3.05) is 0 Å². The maximum atomic E-state index is 11.7. The van der Waals surface area contributed by atoms with Gasteiger partial charge in [-0.25, -0.2) is 0 Å². The number of hydrogen-bond acceptors (Lipinski definition) is 1. The van der Waals surface area contributed by atoms with Gasteiger partial charge in [0.1, 0.15) is 0 Å². The Balaban J connectivity index is 2.87. The Kier molecular flexibility index (Phi) is 3.04. The van der Waals surface area contributed by atoms with E-state index in [1.807, 2.05) is 13.8 Å². The van der Waals surface area contributed by atoms with Gasteiger partial charge in [-0.1, -0.05) is 38.3 Å². The van der Waals surface area contributed by atoms with Crippen LogP contribution in [0.2, 0.25) is 0 Å². The Morgan fingerprint density at radius 1 is 1.42 bits per heavy atom. The van der Waals surface area contributed by atoms with E-state index in [1.165, 1.54) is 0 Å². The van der Waals surface area contributed by atoms with Crippen molar-refractivity contribution in [3.05, 3.63) is 0 Å². The lowest BCUT2D eigenvalue weighted by atomic mass is 9.80. The van der Waals surface area contributed by atoms with Crippen LogP contribution in [-0.2, 0) is 4.79 Å². The van der Waals surface area contributed by atoms with E-state index in [4.69, 9.17) is 0 Å². The average molecular weight is 298 g/mol. The van der Waals surface area contributed by atoms with E-state index < -0.39 is 0 Å². The van der Waals surface area contributed by atoms with Gasteiger partial charge in [-0.15, -0.1) is 0 Å². The van der Waals surface area contributed by atoms with Gasteiger partial charge < -0.3 is 0 Å². The van der Waals surface area contributed by atoms with Crippen LogP contribution in [0.25, 0.3) is 0 Å². The minimum absolute atomic E-state index is 0.141. The fourth-order valence-corrected chi connectivity index (χ4v) is 2.52. The van der Waals surface area contributed by atoms with Gasteiger partial charge in [-0.2, -0.15) is 0 Å². The summed E-state index contributed by atoms with van der Waals surface area (Å²) in [6.07, 6.45) is 3.87. The molecule has 1 nitrogen and oxygen atoms in total. The van der Waals surface area contributed by atoms with Crippen LogP contribution in [0, 0.1) is 0 Å². The van der Waals surface area contributed by atoms with Gasteiger partial charge >= 0.3 is 0 Å². The number of carbonyl (C=O) groups excluding carboxylic acids is 1. The third kappa shape index (κ3) is 1.77. The van der Waals surface area contributed by atoms with Crippen molar-refractivity contribution < 1.29 is 4.79 Å². The van der Waals surface area contributed by atoms with Crippen molar-refractivity contribution >= 4 is 37.6 Å². The number of rotatable bonds is 1. The molecular weight excluding hydrogens is 284 g/mol. The molecule has 0 amide bonds. The van der Waals surface area contributed by atoms with Gasteiger partial charge in [0.2, 0.25) is 0 Å². The summed E-state index contributed by atoms with van der Waals surface area (Å²) in [5.74, 6) is 0.343. The Bertz CT molecular complexity index is 195. The molecule has 0 N–H and O–H groups in total. The first kappa shape index (κ1) is 10.7. The third-order valence-corrected chi connectivity index (χ3v) is 5.60. The average Bonchev–Trinajstić information content (AvgIpc) is 1.93. The number of hydrogen-bond donors (Lipinski definition) is 0. The van der Waals surface area contributed by atoms with Crippen molar-refractivity contribution in [1.29, 1.82) is 0 Å². The van der Waals surface area contributed by atoms with Gasteiger partial charge in [-0.05, 0) is 26.7 Å². The number of carbonyl (C=O) groups is 1. The van der Waals surface area contributed by atoms with Crippen LogP contribution in [0.3, 0.4) is 0 Å². The number of ketones is 1. The summed E-state index contributed by atoms with van der Waals surface area (Å²) in [6.45, 7) is 4.09. The molecular formula is C9H14Br2O. The minimum Gasteiger partial charge on any atom is -0.298 e. The highest BCUT2D eigenvalue weighted by Gasteiger charge is 2.47. The van der Waals surface area contributed by atoms with Crippen LogP contribution in [0.15, 0.2) is 0 Å². The second-order valence-corrected chi connectivity index (χ2v) is 7.24. The summed E-state index contributed by atoms with van der Waals surface area (Å²) < 4.78 is -0.476. The molecule has 12 heavy (non-hydrogen) atoms. The zero-order chi connectivity index (χ0) is 9.41. The molecule has 0 spiro atoms. The van der Waals surface area contributed by atoms with E-state index in [1.54, 1.807) is 0 Å². The van der Waals surface area contributed by atoms with Gasteiger partial charge in [-0.3, -0.25) is 4.79 Å². The van der Waals surface area contributed by atoms with Gasteiger partial charge in [0.05, 0.1) is 4.32 Å². The maximum Gasteiger partial charge on any atom is 0.150 e. The molecule has 1 atom stereocenters. The first-order chi connectivity index (χ1) is 5.38. The van der Waals surface area contributed by atoms with E-state index >= 15 is 0 Å². The van der Waals surface area contributed by atoms with E-state index in [9.17, 15) is 4.79 Å². The molecule has 0 radical (unpaired) electrons. The third-order valence-electron chi connectivity index (χ3n) is 2.56. The van der Waals surface area contributed by atoms with Crippen molar-refractivity contribution in [2.24, 2.45) is 0 Å². The first-order valence-corrected chi connectivity index (χ1v) is 5.88. The Hall–Kier alpha value is 0.630. The molecule has 0 aromatic carbocycles. The molecule has 70 valence electrons. The SMILES string of the molecule is CC(C)(Br)C1(Br)CCCCC1=O. The topological polar surface area (TPSA) is 17.1 Å². The van der Waals surface area contributed by atoms with Crippen LogP contribution in [-0.4, -0.2) is 14.4 Å². The van der Waals surface area contributed by atoms with Crippen LogP contribution in [0.1, 0.15) is 39.5 Å². The van der Waals surface area contributed by atoms with E-state index in [-0.39, 0.29) is 8.65 Å². The summed E-state index contributed by atoms with van der Waals surface area (Å²) in [6, 6.07) is 0. The molecule has 3 heteroatoms. The molecule has 0 aliphatic heterocycles. The maximum absolute atomic E-state index is 11.7. The molecule has 1 rings (SSSR count). The predicted octanol–water partition coefficient (Wildman–Crippen LogP) is 3.44. The Morgan fingerprint density at radius 3 is 2.33 bits per heavy atom. The largest absolute Gasteiger partial charge is 0.298 e. The first-order valence-electron chi connectivity index (χ1n) is 4.29. The monoisotopic (exact) mass is 296 g/mol. The standard InChI is InChI=1S/C9H14Br2O/c1-8(2,10)9(11)6-4-3-5-7(9)12/h3-6H2,1-2H3. The Morgan fingerprint density at radius 2 is 2.00 bits per heavy atom. The number of halogens is 2. The molecule has 1 unspecified atom stereocenters. The van der Waals surface area contributed by atoms with Crippen molar-refractivity contribution in [3.8, 4) is 0 Å². The highest BCUT2D eigenvalue weighted by atomic mass is 79.9. The number of Topliss-reactive ketones (excluding diaryl/α,β-unsaturated/α-hetero) is 1. The second-order valence-electron chi connectivity index (χ2n) is 3.90. The fourth-order valence-electron chi connectivity index (χ4n) is 1.62. The lowest BCUT2D eigenvalue weighted by Gasteiger charge is -2.39. The van der Waals surface area contributed by atoms with Crippen molar-refractivity contribution in [1.82, 2.24) is 0 Å². The highest BCUT2D eigenvalue weighted by Crippen LogP contribution is 2.45. The smallest absolute Gasteiger partial charge is 0.150 e. The summed E-state index contributed by atoms with van der Waals surface area (Å²) >= 11 is 7.15. The van der Waals surface area contributed by atoms with E-state index in [0.717, 1.165) is 25.7 Å². The zero-order valence-electron chi connectivity index (χ0n) is 7.49. The second kappa shape index (κ2) is 3.41. The molecule has 1 saturated carbocycles. The Labute approximate surface area is 90.5 Å². The van der Waals surface area contributed by atoms with Crippen LogP contribution < -0.4 is 0 Å². The lowest BCUT2D eigenvalue weighted by molar-refractivity contribution is -0.123. The normalized spacial score (nSPS) is 32.2. The van der Waals surface area contributed by atoms with Crippen LogP contribution in [0.5, 0.6) is 0 Å². The fraction of sp³-hybridized carbons (Fsp3) is 0.889. The molecule has 1 aliphatic rings. The summed E-state index contributed by atoms with van der Waals surface area (Å²) in [4.78, 5) is 11.7. The predicted molar refractivity (Wildman–Crippen MR) is 58.1 cm³/mol. The minimum atomic E-state index is -0.335. The number of alkyl halides is 2. The molecule has 1 aliphatic carbocycles. The van der Waals surface area contributed by atoms with Crippen molar-refractivity contribution in [2.45, 2.75) is 48.2 Å². The van der Waals surface area contributed by atoms with Crippen LogP contribution >= 0.6 is 31.9 Å². The quantitative estimate of drug-likeness (QED) is 0.678. The molecule has 0 aromatic rings. The molecule has 1 fully saturated rings. The highest BCUT2D eigenvalue weighted by molar-refractivity contribution is 9.13. The molecule has 0 bridgehead atoms. The zero-order valence-corrected chi connectivity index (χ0v) is 10.7. The molecule has 0 heterocycles. The van der Waals surface area contributed by atoms with E-state index in [2.05, 4.69) is 31.9 Å². The van der Waals surface area contributed by atoms with Crippen molar-refractivity contribution in [3.63, 3.8) is 0 Å². The lowest BCUT2D eigenvalue weighted by Crippen LogP contribution is -2.48. The van der Waals surface area contributed by atoms with E-state index in [0.29, 0.717) is 5.78 Å². The summed E-state index contributed by atoms with van der Waals surface area (Å²) in [5, 5.41) is 0. The summed E-state index contributed by atoms with van der Waals surface area (Å²) in [5.41, 5.74) is 0. The van der Waals surface area contributed by atoms with Gasteiger partial charge in [0.15, 0.2) is 5.78 Å².